The zero-order chi connectivity index (χ0) is 17.4. The van der Waals surface area contributed by atoms with Crippen LogP contribution in [0.4, 0.5) is 10.1 Å². The smallest absolute Gasteiger partial charge is 0.248 e. The topological polar surface area (TPSA) is 53.2 Å². The highest BCUT2D eigenvalue weighted by Crippen LogP contribution is 2.13. The van der Waals surface area contributed by atoms with Crippen molar-refractivity contribution in [2.45, 2.75) is 12.7 Å². The van der Waals surface area contributed by atoms with Crippen LogP contribution < -0.4 is 16.2 Å². The Morgan fingerprint density at radius 2 is 1.83 bits per heavy atom. The molecule has 24 heavy (non-hydrogen) atoms. The molecule has 0 aliphatic rings. The van der Waals surface area contributed by atoms with Crippen molar-refractivity contribution in [2.75, 3.05) is 11.1 Å². The van der Waals surface area contributed by atoms with Crippen molar-refractivity contribution in [3.05, 3.63) is 65.5 Å². The maximum Gasteiger partial charge on any atom is 0.248 e. The van der Waals surface area contributed by atoms with Crippen molar-refractivity contribution < 1.29 is 9.18 Å². The molecule has 2 aromatic rings. The number of halogens is 1. The van der Waals surface area contributed by atoms with E-state index in [-0.39, 0.29) is 16.7 Å². The number of thioether (sulfide) groups is 1. The second-order valence-electron chi connectivity index (χ2n) is 5.09. The number of thiocarbonyl (C=S) groups is 1. The first-order chi connectivity index (χ1) is 11.5. The summed E-state index contributed by atoms with van der Waals surface area (Å²) in [6.07, 6.45) is 0. The molecule has 0 aliphatic carbocycles. The molecule has 0 unspecified atom stereocenters. The van der Waals surface area contributed by atoms with Crippen LogP contribution in [0.25, 0.3) is 0 Å². The Labute approximate surface area is 150 Å². The third kappa shape index (κ3) is 6.17. The number of hydrogen-bond acceptors (Lipinski definition) is 3. The Morgan fingerprint density at radius 3 is 2.54 bits per heavy atom. The van der Waals surface area contributed by atoms with Crippen molar-refractivity contribution in [3.8, 4) is 0 Å². The molecule has 3 N–H and O–H groups in total. The molecule has 0 aliphatic heterocycles. The number of carbonyl (C=O) groups excluding carboxylic acids is 1. The Morgan fingerprint density at radius 1 is 1.12 bits per heavy atom. The SMILES string of the molecule is Cc1ccc(CSCC(=O)NNC(=S)Nc2ccccc2F)cc1. The lowest BCUT2D eigenvalue weighted by Crippen LogP contribution is -2.44. The van der Waals surface area contributed by atoms with Crippen LogP contribution in [0, 0.1) is 12.7 Å². The van der Waals surface area contributed by atoms with E-state index in [0.717, 1.165) is 5.75 Å². The molecule has 1 amide bonds. The summed E-state index contributed by atoms with van der Waals surface area (Å²) in [6.45, 7) is 2.04. The van der Waals surface area contributed by atoms with Gasteiger partial charge in [-0.05, 0) is 36.8 Å². The van der Waals surface area contributed by atoms with Gasteiger partial charge in [0.05, 0.1) is 11.4 Å². The van der Waals surface area contributed by atoms with E-state index in [4.69, 9.17) is 12.2 Å². The summed E-state index contributed by atoms with van der Waals surface area (Å²) >= 11 is 6.51. The van der Waals surface area contributed by atoms with Crippen LogP contribution in [0.15, 0.2) is 48.5 Å². The average Bonchev–Trinajstić information content (AvgIpc) is 2.57. The average molecular weight is 363 g/mol. The summed E-state index contributed by atoms with van der Waals surface area (Å²) in [4.78, 5) is 11.8. The van der Waals surface area contributed by atoms with Crippen molar-refractivity contribution in [3.63, 3.8) is 0 Å². The molecule has 0 saturated heterocycles. The first-order valence-corrected chi connectivity index (χ1v) is 8.84. The Balaban J connectivity index is 1.66. The third-order valence-corrected chi connectivity index (χ3v) is 4.27. The van der Waals surface area contributed by atoms with Gasteiger partial charge in [0.25, 0.3) is 0 Å². The summed E-state index contributed by atoms with van der Waals surface area (Å²) in [6, 6.07) is 14.3. The van der Waals surface area contributed by atoms with Gasteiger partial charge in [-0.25, -0.2) is 4.39 Å². The fourth-order valence-corrected chi connectivity index (χ4v) is 2.77. The molecule has 0 aromatic heterocycles. The molecule has 126 valence electrons. The van der Waals surface area contributed by atoms with Gasteiger partial charge in [0, 0.05) is 5.75 Å². The normalized spacial score (nSPS) is 10.1. The fourth-order valence-electron chi connectivity index (χ4n) is 1.82. The van der Waals surface area contributed by atoms with Crippen molar-refractivity contribution >= 4 is 40.7 Å². The molecule has 2 rings (SSSR count). The molecule has 0 radical (unpaired) electrons. The second-order valence-corrected chi connectivity index (χ2v) is 6.48. The number of anilines is 1. The molecule has 0 atom stereocenters. The molecule has 7 heteroatoms. The van der Waals surface area contributed by atoms with E-state index in [0.29, 0.717) is 5.75 Å². The molecule has 2 aromatic carbocycles. The van der Waals surface area contributed by atoms with Gasteiger partial charge in [-0.3, -0.25) is 15.6 Å². The minimum atomic E-state index is -0.415. The quantitative estimate of drug-likeness (QED) is 0.562. The molecule has 0 saturated carbocycles. The molecule has 0 spiro atoms. The fraction of sp³-hybridized carbons (Fsp3) is 0.176. The summed E-state index contributed by atoms with van der Waals surface area (Å²) in [5.74, 6) is 0.431. The van der Waals surface area contributed by atoms with E-state index >= 15 is 0 Å². The van der Waals surface area contributed by atoms with Gasteiger partial charge in [0.1, 0.15) is 5.82 Å². The van der Waals surface area contributed by atoms with E-state index in [1.165, 1.54) is 29.0 Å². The maximum atomic E-state index is 13.5. The number of rotatable bonds is 5. The number of nitrogens with one attached hydrogen (secondary N) is 3. The summed E-state index contributed by atoms with van der Waals surface area (Å²) in [7, 11) is 0. The van der Waals surface area contributed by atoms with Crippen LogP contribution >= 0.6 is 24.0 Å². The van der Waals surface area contributed by atoms with E-state index in [1.54, 1.807) is 18.2 Å². The van der Waals surface area contributed by atoms with Crippen molar-refractivity contribution in [1.82, 2.24) is 10.9 Å². The van der Waals surface area contributed by atoms with Crippen LogP contribution in [-0.4, -0.2) is 16.8 Å². The Hall–Kier alpha value is -2.12. The highest BCUT2D eigenvalue weighted by atomic mass is 32.2. The molecular weight excluding hydrogens is 345 g/mol. The Kier molecular flexibility index (Phi) is 7.02. The Bertz CT molecular complexity index is 707. The lowest BCUT2D eigenvalue weighted by Gasteiger charge is -2.12. The van der Waals surface area contributed by atoms with Gasteiger partial charge in [-0.15, -0.1) is 11.8 Å². The summed E-state index contributed by atoms with van der Waals surface area (Å²) in [5, 5.41) is 2.80. The van der Waals surface area contributed by atoms with Crippen LogP contribution in [0.3, 0.4) is 0 Å². The minimum absolute atomic E-state index is 0.122. The standard InChI is InChI=1S/C17H18FN3OS2/c1-12-6-8-13(9-7-12)10-24-11-16(22)20-21-17(23)19-15-5-3-2-4-14(15)18/h2-9H,10-11H2,1H3,(H,20,22)(H2,19,21,23). The lowest BCUT2D eigenvalue weighted by atomic mass is 10.2. The van der Waals surface area contributed by atoms with Gasteiger partial charge < -0.3 is 5.32 Å². The zero-order valence-electron chi connectivity index (χ0n) is 13.1. The number of para-hydroxylation sites is 1. The van der Waals surface area contributed by atoms with Crippen molar-refractivity contribution in [1.29, 1.82) is 0 Å². The molecule has 0 bridgehead atoms. The highest BCUT2D eigenvalue weighted by Gasteiger charge is 2.05. The predicted octanol–water partition coefficient (Wildman–Crippen LogP) is 3.39. The lowest BCUT2D eigenvalue weighted by molar-refractivity contribution is -0.119. The predicted molar refractivity (Wildman–Crippen MR) is 101 cm³/mol. The van der Waals surface area contributed by atoms with Gasteiger partial charge in [0.15, 0.2) is 5.11 Å². The molecule has 0 fully saturated rings. The molecule has 4 nitrogen and oxygen atoms in total. The van der Waals surface area contributed by atoms with Gasteiger partial charge in [0.2, 0.25) is 5.91 Å². The summed E-state index contributed by atoms with van der Waals surface area (Å²) in [5.41, 5.74) is 7.66. The van der Waals surface area contributed by atoms with Crippen LogP contribution in [0.5, 0.6) is 0 Å². The number of amides is 1. The second kappa shape index (κ2) is 9.24. The number of benzene rings is 2. The summed E-state index contributed by atoms with van der Waals surface area (Å²) < 4.78 is 13.5. The number of aryl methyl sites for hydroxylation is 1. The van der Waals surface area contributed by atoms with Crippen LogP contribution in [0.1, 0.15) is 11.1 Å². The zero-order valence-corrected chi connectivity index (χ0v) is 14.8. The largest absolute Gasteiger partial charge is 0.329 e. The van der Waals surface area contributed by atoms with Gasteiger partial charge >= 0.3 is 0 Å². The van der Waals surface area contributed by atoms with E-state index in [1.807, 2.05) is 31.2 Å². The van der Waals surface area contributed by atoms with E-state index < -0.39 is 5.82 Å². The number of hydrazine groups is 1. The first kappa shape index (κ1) is 18.2. The number of hydrogen-bond donors (Lipinski definition) is 3. The minimum Gasteiger partial charge on any atom is -0.329 e. The van der Waals surface area contributed by atoms with Crippen molar-refractivity contribution in [2.24, 2.45) is 0 Å². The van der Waals surface area contributed by atoms with E-state index in [9.17, 15) is 9.18 Å². The highest BCUT2D eigenvalue weighted by molar-refractivity contribution is 7.99. The van der Waals surface area contributed by atoms with Gasteiger partial charge in [-0.1, -0.05) is 42.0 Å². The van der Waals surface area contributed by atoms with Gasteiger partial charge in [-0.2, -0.15) is 0 Å². The van der Waals surface area contributed by atoms with Crippen LogP contribution in [0.2, 0.25) is 0 Å². The maximum absolute atomic E-state index is 13.5. The first-order valence-electron chi connectivity index (χ1n) is 7.28. The third-order valence-electron chi connectivity index (χ3n) is 3.06. The van der Waals surface area contributed by atoms with E-state index in [2.05, 4.69) is 16.2 Å². The molecular formula is C17H18FN3OS2. The number of carbonyl (C=O) groups is 1. The molecule has 0 heterocycles. The monoisotopic (exact) mass is 363 g/mol. The van der Waals surface area contributed by atoms with Crippen LogP contribution in [-0.2, 0) is 10.5 Å².